The Bertz CT molecular complexity index is 507. The first-order valence-electron chi connectivity index (χ1n) is 4.53. The maximum Gasteiger partial charge on any atom is 0.433 e. The summed E-state index contributed by atoms with van der Waals surface area (Å²) in [5, 5.41) is 8.69. The van der Waals surface area contributed by atoms with E-state index >= 15 is 0 Å². The van der Waals surface area contributed by atoms with Crippen LogP contribution in [-0.2, 0) is 11.7 Å². The van der Waals surface area contributed by atoms with Gasteiger partial charge in [-0.1, -0.05) is 11.3 Å². The minimum absolute atomic E-state index is 0.0907. The molecule has 0 saturated heterocycles. The molecular formula is C9H10F3NO3S. The van der Waals surface area contributed by atoms with Crippen molar-refractivity contribution >= 4 is 17.3 Å². The van der Waals surface area contributed by atoms with Crippen LogP contribution < -0.4 is 4.87 Å². The molecule has 96 valence electrons. The molecule has 0 fully saturated rings. The quantitative estimate of drug-likeness (QED) is 0.851. The molecule has 4 nitrogen and oxygen atoms in total. The summed E-state index contributed by atoms with van der Waals surface area (Å²) in [6.45, 7) is 4.21. The smallest absolute Gasteiger partial charge is 0.433 e. The predicted octanol–water partition coefficient (Wildman–Crippen LogP) is 2.38. The highest BCUT2D eigenvalue weighted by Gasteiger charge is 2.43. The van der Waals surface area contributed by atoms with Crippen LogP contribution in [0.3, 0.4) is 0 Å². The fraction of sp³-hybridized carbons (Fsp3) is 0.556. The van der Waals surface area contributed by atoms with Crippen molar-refractivity contribution in [3.05, 3.63) is 20.2 Å². The maximum absolute atomic E-state index is 12.8. The third-order valence-corrected chi connectivity index (χ3v) is 2.87. The zero-order valence-electron chi connectivity index (χ0n) is 9.25. The van der Waals surface area contributed by atoms with Crippen molar-refractivity contribution in [2.45, 2.75) is 32.5 Å². The van der Waals surface area contributed by atoms with Crippen LogP contribution in [0.15, 0.2) is 4.79 Å². The van der Waals surface area contributed by atoms with Crippen LogP contribution in [0.5, 0.6) is 0 Å². The Kier molecular flexibility index (Phi) is 3.13. The number of alkyl halides is 3. The van der Waals surface area contributed by atoms with Gasteiger partial charge in [0.05, 0.1) is 0 Å². The topological polar surface area (TPSA) is 59.3 Å². The van der Waals surface area contributed by atoms with Crippen LogP contribution >= 0.6 is 11.3 Å². The van der Waals surface area contributed by atoms with Crippen molar-refractivity contribution in [1.82, 2.24) is 4.57 Å². The standard InChI is InChI=1S/C9H10F3NO3S/c1-8(2,3)13-5(9(10,11)12)4(6(14)15)17-7(13)16/h1-3H3,(H,14,15). The molecule has 1 aromatic heterocycles. The Hall–Kier alpha value is -1.31. The first-order chi connectivity index (χ1) is 7.46. The van der Waals surface area contributed by atoms with Gasteiger partial charge in [0.2, 0.25) is 0 Å². The summed E-state index contributed by atoms with van der Waals surface area (Å²) in [6.07, 6.45) is -4.87. The molecule has 0 aliphatic rings. The summed E-state index contributed by atoms with van der Waals surface area (Å²) in [5.41, 5.74) is -2.53. The van der Waals surface area contributed by atoms with E-state index < -0.39 is 33.1 Å². The minimum Gasteiger partial charge on any atom is -0.477 e. The Morgan fingerprint density at radius 1 is 1.29 bits per heavy atom. The Balaban J connectivity index is 3.73. The average molecular weight is 269 g/mol. The van der Waals surface area contributed by atoms with Crippen LogP contribution in [0, 0.1) is 0 Å². The molecule has 1 rings (SSSR count). The lowest BCUT2D eigenvalue weighted by Crippen LogP contribution is -2.35. The van der Waals surface area contributed by atoms with Crippen LogP contribution in [0.2, 0.25) is 0 Å². The van der Waals surface area contributed by atoms with Crippen LogP contribution in [0.1, 0.15) is 36.1 Å². The summed E-state index contributed by atoms with van der Waals surface area (Å²) < 4.78 is 38.9. The number of carbonyl (C=O) groups is 1. The average Bonchev–Trinajstić information content (AvgIpc) is 2.40. The first-order valence-corrected chi connectivity index (χ1v) is 5.34. The van der Waals surface area contributed by atoms with Crippen molar-refractivity contribution in [2.24, 2.45) is 0 Å². The van der Waals surface area contributed by atoms with Gasteiger partial charge in [-0.15, -0.1) is 0 Å². The van der Waals surface area contributed by atoms with Crippen molar-refractivity contribution in [3.8, 4) is 0 Å². The lowest BCUT2D eigenvalue weighted by molar-refractivity contribution is -0.145. The SMILES string of the molecule is CC(C)(C)n1c(C(F)(F)F)c(C(=O)O)sc1=O. The molecule has 0 aromatic carbocycles. The normalized spacial score (nSPS) is 12.8. The van der Waals surface area contributed by atoms with Gasteiger partial charge in [-0.3, -0.25) is 9.36 Å². The fourth-order valence-corrected chi connectivity index (χ4v) is 2.41. The Morgan fingerprint density at radius 2 is 1.76 bits per heavy atom. The van der Waals surface area contributed by atoms with Gasteiger partial charge in [0.1, 0.15) is 4.88 Å². The highest BCUT2D eigenvalue weighted by Crippen LogP contribution is 2.35. The van der Waals surface area contributed by atoms with Crippen molar-refractivity contribution < 1.29 is 23.1 Å². The van der Waals surface area contributed by atoms with E-state index in [0.717, 1.165) is 0 Å². The van der Waals surface area contributed by atoms with Gasteiger partial charge >= 0.3 is 17.0 Å². The van der Waals surface area contributed by atoms with Crippen LogP contribution in [0.4, 0.5) is 13.2 Å². The third kappa shape index (κ3) is 2.51. The van der Waals surface area contributed by atoms with E-state index in [9.17, 15) is 22.8 Å². The molecule has 1 heterocycles. The first kappa shape index (κ1) is 13.8. The third-order valence-electron chi connectivity index (χ3n) is 1.94. The molecule has 0 saturated carbocycles. The van der Waals surface area contributed by atoms with Gasteiger partial charge in [0.15, 0.2) is 5.69 Å². The number of hydrogen-bond acceptors (Lipinski definition) is 3. The van der Waals surface area contributed by atoms with E-state index in [1.165, 1.54) is 20.8 Å². The van der Waals surface area contributed by atoms with Gasteiger partial charge in [-0.05, 0) is 20.8 Å². The maximum atomic E-state index is 12.8. The van der Waals surface area contributed by atoms with E-state index in [0.29, 0.717) is 4.57 Å². The molecule has 17 heavy (non-hydrogen) atoms. The lowest BCUT2D eigenvalue weighted by Gasteiger charge is -2.23. The highest BCUT2D eigenvalue weighted by atomic mass is 32.1. The number of halogens is 3. The number of nitrogens with zero attached hydrogens (tertiary/aromatic N) is 1. The summed E-state index contributed by atoms with van der Waals surface area (Å²) in [5.74, 6) is -1.75. The molecule has 0 amide bonds. The van der Waals surface area contributed by atoms with Gasteiger partial charge in [0, 0.05) is 5.54 Å². The zero-order chi connectivity index (χ0) is 13.6. The molecule has 0 atom stereocenters. The highest BCUT2D eigenvalue weighted by molar-refractivity contribution is 7.11. The summed E-state index contributed by atoms with van der Waals surface area (Å²) in [6, 6.07) is 0. The molecule has 1 N–H and O–H groups in total. The second-order valence-electron chi connectivity index (χ2n) is 4.35. The van der Waals surface area contributed by atoms with Crippen LogP contribution in [0.25, 0.3) is 0 Å². The van der Waals surface area contributed by atoms with Gasteiger partial charge < -0.3 is 5.11 Å². The molecular weight excluding hydrogens is 259 g/mol. The van der Waals surface area contributed by atoms with Crippen molar-refractivity contribution in [3.63, 3.8) is 0 Å². The van der Waals surface area contributed by atoms with E-state index in [1.807, 2.05) is 0 Å². The Morgan fingerprint density at radius 3 is 2.06 bits per heavy atom. The number of thiazole rings is 1. The molecule has 0 bridgehead atoms. The molecule has 8 heteroatoms. The van der Waals surface area contributed by atoms with Gasteiger partial charge in [-0.2, -0.15) is 13.2 Å². The number of carboxylic acids is 1. The van der Waals surface area contributed by atoms with Gasteiger partial charge in [0.25, 0.3) is 0 Å². The number of hydrogen-bond donors (Lipinski definition) is 1. The van der Waals surface area contributed by atoms with E-state index in [4.69, 9.17) is 5.11 Å². The monoisotopic (exact) mass is 269 g/mol. The van der Waals surface area contributed by atoms with E-state index in [2.05, 4.69) is 0 Å². The second kappa shape index (κ2) is 3.86. The Labute approximate surface area is 98.3 Å². The van der Waals surface area contributed by atoms with E-state index in [1.54, 1.807) is 0 Å². The van der Waals surface area contributed by atoms with Crippen molar-refractivity contribution in [1.29, 1.82) is 0 Å². The van der Waals surface area contributed by atoms with Gasteiger partial charge in [-0.25, -0.2) is 4.79 Å². The summed E-state index contributed by atoms with van der Waals surface area (Å²) in [7, 11) is 0. The molecule has 0 unspecified atom stereocenters. The fourth-order valence-electron chi connectivity index (χ4n) is 1.38. The molecule has 0 spiro atoms. The summed E-state index contributed by atoms with van der Waals surface area (Å²) in [4.78, 5) is 20.3. The molecule has 0 aliphatic carbocycles. The predicted molar refractivity (Wildman–Crippen MR) is 55.5 cm³/mol. The largest absolute Gasteiger partial charge is 0.477 e. The number of carboxylic acid groups (broad SMARTS) is 1. The van der Waals surface area contributed by atoms with Crippen molar-refractivity contribution in [2.75, 3.05) is 0 Å². The zero-order valence-corrected chi connectivity index (χ0v) is 10.1. The number of rotatable bonds is 1. The molecule has 0 radical (unpaired) electrons. The summed E-state index contributed by atoms with van der Waals surface area (Å²) >= 11 is 0.0907. The minimum atomic E-state index is -4.87. The second-order valence-corrected chi connectivity index (χ2v) is 5.32. The molecule has 1 aromatic rings. The van der Waals surface area contributed by atoms with Crippen LogP contribution in [-0.4, -0.2) is 15.6 Å². The molecule has 0 aliphatic heterocycles. The lowest BCUT2D eigenvalue weighted by atomic mass is 10.1. The van der Waals surface area contributed by atoms with E-state index in [-0.39, 0.29) is 11.3 Å². The number of aromatic carboxylic acids is 1. The number of aromatic nitrogens is 1.